The Bertz CT molecular complexity index is 1030. The van der Waals surface area contributed by atoms with Crippen molar-refractivity contribution in [1.82, 2.24) is 9.47 Å². The van der Waals surface area contributed by atoms with Gasteiger partial charge < -0.3 is 18.9 Å². The lowest BCUT2D eigenvalue weighted by Gasteiger charge is -2.37. The zero-order chi connectivity index (χ0) is 19.1. The number of hydrogen-bond acceptors (Lipinski definition) is 3. The maximum absolute atomic E-state index is 13.3. The molecule has 0 spiro atoms. The van der Waals surface area contributed by atoms with Crippen molar-refractivity contribution in [2.75, 3.05) is 19.8 Å². The van der Waals surface area contributed by atoms with Gasteiger partial charge >= 0.3 is 0 Å². The third-order valence-electron chi connectivity index (χ3n) is 5.27. The molecule has 3 heterocycles. The Morgan fingerprint density at radius 1 is 0.964 bits per heavy atom. The summed E-state index contributed by atoms with van der Waals surface area (Å²) in [6.07, 6.45) is 2.03. The van der Waals surface area contributed by atoms with E-state index in [0.717, 1.165) is 23.6 Å². The van der Waals surface area contributed by atoms with Crippen LogP contribution in [-0.2, 0) is 6.54 Å². The molecule has 5 nitrogen and oxygen atoms in total. The van der Waals surface area contributed by atoms with E-state index < -0.39 is 0 Å². The quantitative estimate of drug-likeness (QED) is 0.684. The predicted molar refractivity (Wildman–Crippen MR) is 101 cm³/mol. The molecule has 1 amide bonds. The van der Waals surface area contributed by atoms with Gasteiger partial charge in [0.2, 0.25) is 0 Å². The van der Waals surface area contributed by atoms with Crippen LogP contribution in [0.2, 0.25) is 0 Å². The van der Waals surface area contributed by atoms with E-state index in [-0.39, 0.29) is 17.8 Å². The Hall–Kier alpha value is -3.28. The minimum absolute atomic E-state index is 0.118. The van der Waals surface area contributed by atoms with Crippen LogP contribution in [0.1, 0.15) is 27.7 Å². The van der Waals surface area contributed by atoms with E-state index in [2.05, 4.69) is 4.57 Å². The lowest BCUT2D eigenvalue weighted by Crippen LogP contribution is -2.42. The molecule has 0 fully saturated rings. The highest BCUT2D eigenvalue weighted by Crippen LogP contribution is 2.38. The van der Waals surface area contributed by atoms with E-state index in [0.29, 0.717) is 31.1 Å². The van der Waals surface area contributed by atoms with Gasteiger partial charge in [0, 0.05) is 30.5 Å². The fourth-order valence-corrected chi connectivity index (χ4v) is 3.94. The summed E-state index contributed by atoms with van der Waals surface area (Å²) >= 11 is 0. The summed E-state index contributed by atoms with van der Waals surface area (Å²) in [5.74, 6) is 0.944. The van der Waals surface area contributed by atoms with Crippen molar-refractivity contribution in [3.8, 4) is 11.5 Å². The number of fused-ring (bicyclic) bond motifs is 2. The van der Waals surface area contributed by atoms with Gasteiger partial charge in [-0.2, -0.15) is 0 Å². The number of nitrogens with zero attached hydrogens (tertiary/aromatic N) is 2. The molecule has 0 saturated heterocycles. The third-order valence-corrected chi connectivity index (χ3v) is 5.27. The third kappa shape index (κ3) is 2.81. The molecule has 5 rings (SSSR count). The van der Waals surface area contributed by atoms with Crippen LogP contribution < -0.4 is 9.47 Å². The van der Waals surface area contributed by atoms with Gasteiger partial charge in [0.15, 0.2) is 11.5 Å². The number of rotatable bonds is 2. The maximum Gasteiger partial charge on any atom is 0.254 e. The summed E-state index contributed by atoms with van der Waals surface area (Å²) < 4.78 is 26.8. The SMILES string of the molecule is O=C(c1ccc(F)cc1)N1CCn2cccc2C1c1ccc2c(c1)OCCO2. The van der Waals surface area contributed by atoms with Gasteiger partial charge in [0.05, 0.1) is 6.04 Å². The number of benzene rings is 2. The van der Waals surface area contributed by atoms with Crippen LogP contribution >= 0.6 is 0 Å². The number of carbonyl (C=O) groups excluding carboxylic acids is 1. The van der Waals surface area contributed by atoms with Crippen LogP contribution in [-0.4, -0.2) is 35.1 Å². The number of ether oxygens (including phenoxy) is 2. The number of carbonyl (C=O) groups is 1. The number of aromatic nitrogens is 1. The van der Waals surface area contributed by atoms with Crippen LogP contribution in [0.3, 0.4) is 0 Å². The van der Waals surface area contributed by atoms with Crippen LogP contribution in [0.4, 0.5) is 4.39 Å². The number of halogens is 1. The normalized spacial score (nSPS) is 17.9. The Morgan fingerprint density at radius 3 is 2.57 bits per heavy atom. The highest BCUT2D eigenvalue weighted by Gasteiger charge is 2.33. The Morgan fingerprint density at radius 2 is 1.75 bits per heavy atom. The first-order chi connectivity index (χ1) is 13.7. The molecule has 6 heteroatoms. The van der Waals surface area contributed by atoms with Gasteiger partial charge in [0.25, 0.3) is 5.91 Å². The molecule has 3 aromatic rings. The van der Waals surface area contributed by atoms with Crippen LogP contribution in [0.5, 0.6) is 11.5 Å². The topological polar surface area (TPSA) is 43.7 Å². The minimum atomic E-state index is -0.354. The molecule has 1 unspecified atom stereocenters. The second-order valence-electron chi connectivity index (χ2n) is 6.94. The van der Waals surface area contributed by atoms with Gasteiger partial charge in [0.1, 0.15) is 19.0 Å². The Labute approximate surface area is 161 Å². The van der Waals surface area contributed by atoms with E-state index in [1.807, 2.05) is 41.4 Å². The zero-order valence-electron chi connectivity index (χ0n) is 15.2. The Balaban J connectivity index is 1.57. The fourth-order valence-electron chi connectivity index (χ4n) is 3.94. The molecule has 0 aliphatic carbocycles. The second kappa shape index (κ2) is 6.71. The van der Waals surface area contributed by atoms with Gasteiger partial charge in [-0.15, -0.1) is 0 Å². The lowest BCUT2D eigenvalue weighted by atomic mass is 9.98. The van der Waals surface area contributed by atoms with Crippen molar-refractivity contribution < 1.29 is 18.7 Å². The molecule has 28 heavy (non-hydrogen) atoms. The average molecular weight is 378 g/mol. The van der Waals surface area contributed by atoms with E-state index in [9.17, 15) is 9.18 Å². The highest BCUT2D eigenvalue weighted by atomic mass is 19.1. The first-order valence-corrected chi connectivity index (χ1v) is 9.32. The second-order valence-corrected chi connectivity index (χ2v) is 6.94. The lowest BCUT2D eigenvalue weighted by molar-refractivity contribution is 0.0663. The van der Waals surface area contributed by atoms with E-state index in [4.69, 9.17) is 9.47 Å². The molecule has 0 radical (unpaired) electrons. The van der Waals surface area contributed by atoms with Crippen LogP contribution in [0.25, 0.3) is 0 Å². The van der Waals surface area contributed by atoms with Crippen LogP contribution in [0.15, 0.2) is 60.8 Å². The molecule has 2 aliphatic heterocycles. The average Bonchev–Trinajstić information content (AvgIpc) is 3.21. The molecule has 2 aromatic carbocycles. The summed E-state index contributed by atoms with van der Waals surface area (Å²) in [7, 11) is 0. The maximum atomic E-state index is 13.3. The minimum Gasteiger partial charge on any atom is -0.486 e. The Kier molecular flexibility index (Phi) is 4.04. The molecule has 0 bridgehead atoms. The number of amides is 1. The first kappa shape index (κ1) is 16.9. The summed E-state index contributed by atoms with van der Waals surface area (Å²) in [4.78, 5) is 15.1. The van der Waals surface area contributed by atoms with Crippen molar-refractivity contribution in [3.05, 3.63) is 83.4 Å². The molecular weight excluding hydrogens is 359 g/mol. The van der Waals surface area contributed by atoms with E-state index in [1.54, 1.807) is 0 Å². The van der Waals surface area contributed by atoms with Gasteiger partial charge in [-0.3, -0.25) is 4.79 Å². The van der Waals surface area contributed by atoms with Crippen molar-refractivity contribution in [1.29, 1.82) is 0 Å². The van der Waals surface area contributed by atoms with Crippen LogP contribution in [0, 0.1) is 5.82 Å². The van der Waals surface area contributed by atoms with Crippen molar-refractivity contribution in [2.24, 2.45) is 0 Å². The van der Waals surface area contributed by atoms with Gasteiger partial charge in [-0.1, -0.05) is 6.07 Å². The smallest absolute Gasteiger partial charge is 0.254 e. The van der Waals surface area contributed by atoms with Crippen molar-refractivity contribution >= 4 is 5.91 Å². The molecule has 2 aliphatic rings. The summed E-state index contributed by atoms with van der Waals surface area (Å²) in [6, 6.07) is 15.3. The van der Waals surface area contributed by atoms with Gasteiger partial charge in [-0.05, 0) is 54.1 Å². The van der Waals surface area contributed by atoms with Gasteiger partial charge in [-0.25, -0.2) is 4.39 Å². The molecule has 1 atom stereocenters. The van der Waals surface area contributed by atoms with E-state index in [1.165, 1.54) is 24.3 Å². The van der Waals surface area contributed by atoms with E-state index >= 15 is 0 Å². The summed E-state index contributed by atoms with van der Waals surface area (Å²) in [5.41, 5.74) is 2.47. The molecule has 142 valence electrons. The highest BCUT2D eigenvalue weighted by molar-refractivity contribution is 5.94. The fraction of sp³-hybridized carbons (Fsp3) is 0.227. The van der Waals surface area contributed by atoms with Crippen molar-refractivity contribution in [2.45, 2.75) is 12.6 Å². The standard InChI is InChI=1S/C22H19FN2O3/c23-17-6-3-15(4-7-17)22(26)25-11-10-24-9-1-2-18(24)21(25)16-5-8-19-20(14-16)28-13-12-27-19/h1-9,14,21H,10-13H2. The molecule has 0 saturated carbocycles. The van der Waals surface area contributed by atoms with Crippen molar-refractivity contribution in [3.63, 3.8) is 0 Å². The summed E-state index contributed by atoms with van der Waals surface area (Å²) in [5, 5.41) is 0. The monoisotopic (exact) mass is 378 g/mol. The molecule has 0 N–H and O–H groups in total. The predicted octanol–water partition coefficient (Wildman–Crippen LogP) is 3.64. The summed E-state index contributed by atoms with van der Waals surface area (Å²) in [6.45, 7) is 2.33. The molecular formula is C22H19FN2O3. The first-order valence-electron chi connectivity index (χ1n) is 9.32. The number of hydrogen-bond donors (Lipinski definition) is 0. The largest absolute Gasteiger partial charge is 0.486 e. The molecule has 1 aromatic heterocycles. The zero-order valence-corrected chi connectivity index (χ0v) is 15.2.